The van der Waals surface area contributed by atoms with E-state index in [1.54, 1.807) is 12.1 Å². The number of hydrogen-bond donors (Lipinski definition) is 0. The lowest BCUT2D eigenvalue weighted by Gasteiger charge is -2.20. The Hall–Kier alpha value is -1.47. The minimum Gasteiger partial charge on any atom is -0.354 e. The molecule has 0 fully saturated rings. The molecule has 0 spiro atoms. The van der Waals surface area contributed by atoms with E-state index in [9.17, 15) is 0 Å². The molecule has 1 aromatic carbocycles. The molecule has 0 unspecified atom stereocenters. The number of benzene rings is 1. The van der Waals surface area contributed by atoms with Crippen LogP contribution in [0.2, 0.25) is 15.2 Å². The fourth-order valence-electron chi connectivity index (χ4n) is 1.79. The lowest BCUT2D eigenvalue weighted by Crippen LogP contribution is -2.18. The van der Waals surface area contributed by atoms with Gasteiger partial charge in [0, 0.05) is 13.6 Å². The summed E-state index contributed by atoms with van der Waals surface area (Å²) in [6.07, 6.45) is 0. The second-order valence-corrected chi connectivity index (χ2v) is 5.41. The van der Waals surface area contributed by atoms with Gasteiger partial charge in [0.1, 0.15) is 11.0 Å². The summed E-state index contributed by atoms with van der Waals surface area (Å²) < 4.78 is 0. The first-order chi connectivity index (χ1) is 9.51. The highest BCUT2D eigenvalue weighted by Crippen LogP contribution is 2.31. The van der Waals surface area contributed by atoms with Crippen LogP contribution in [0, 0.1) is 11.3 Å². The molecule has 0 bridgehead atoms. The van der Waals surface area contributed by atoms with Crippen LogP contribution < -0.4 is 4.90 Å². The molecule has 20 heavy (non-hydrogen) atoms. The molecule has 0 saturated heterocycles. The summed E-state index contributed by atoms with van der Waals surface area (Å²) >= 11 is 17.9. The van der Waals surface area contributed by atoms with Gasteiger partial charge in [-0.15, -0.1) is 0 Å². The molecule has 0 aliphatic rings. The number of nitrogens with zero attached hydrogens (tertiary/aromatic N) is 3. The Morgan fingerprint density at radius 1 is 1.20 bits per heavy atom. The van der Waals surface area contributed by atoms with Crippen molar-refractivity contribution >= 4 is 40.6 Å². The lowest BCUT2D eigenvalue weighted by molar-refractivity contribution is 0.898. The number of halogens is 3. The van der Waals surface area contributed by atoms with Gasteiger partial charge in [0.15, 0.2) is 0 Å². The molecule has 0 atom stereocenters. The Labute approximate surface area is 132 Å². The van der Waals surface area contributed by atoms with Crippen molar-refractivity contribution in [2.45, 2.75) is 6.54 Å². The van der Waals surface area contributed by atoms with Crippen LogP contribution >= 0.6 is 34.8 Å². The van der Waals surface area contributed by atoms with Gasteiger partial charge in [-0.1, -0.05) is 46.9 Å². The largest absolute Gasteiger partial charge is 0.354 e. The third-order valence-corrected chi connectivity index (χ3v) is 3.66. The van der Waals surface area contributed by atoms with Gasteiger partial charge < -0.3 is 4.90 Å². The number of anilines is 1. The van der Waals surface area contributed by atoms with Crippen LogP contribution in [0.25, 0.3) is 0 Å². The number of hydrogen-bond acceptors (Lipinski definition) is 3. The number of nitriles is 1. The molecular formula is C14H10Cl3N3. The Balaban J connectivity index is 2.26. The van der Waals surface area contributed by atoms with Crippen molar-refractivity contribution in [3.05, 3.63) is 56.7 Å². The highest BCUT2D eigenvalue weighted by Gasteiger charge is 2.12. The first-order valence-electron chi connectivity index (χ1n) is 5.73. The summed E-state index contributed by atoms with van der Waals surface area (Å²) in [7, 11) is 1.84. The molecular weight excluding hydrogens is 317 g/mol. The van der Waals surface area contributed by atoms with Crippen LogP contribution in [0.15, 0.2) is 30.3 Å². The second kappa shape index (κ2) is 6.32. The van der Waals surface area contributed by atoms with Gasteiger partial charge in [-0.25, -0.2) is 4.98 Å². The minimum atomic E-state index is 0.212. The summed E-state index contributed by atoms with van der Waals surface area (Å²) in [5.74, 6) is 0.545. The van der Waals surface area contributed by atoms with Crippen LogP contribution in [0.4, 0.5) is 5.82 Å². The Morgan fingerprint density at radius 2 is 1.95 bits per heavy atom. The molecule has 6 heteroatoms. The predicted molar refractivity (Wildman–Crippen MR) is 82.5 cm³/mol. The Bertz CT molecular complexity index is 680. The molecule has 0 aliphatic heterocycles. The average Bonchev–Trinajstić information content (AvgIpc) is 2.43. The monoisotopic (exact) mass is 325 g/mol. The predicted octanol–water partition coefficient (Wildman–Crippen LogP) is 4.55. The van der Waals surface area contributed by atoms with Crippen molar-refractivity contribution in [2.24, 2.45) is 0 Å². The van der Waals surface area contributed by atoms with Gasteiger partial charge in [-0.2, -0.15) is 5.26 Å². The van der Waals surface area contributed by atoms with E-state index >= 15 is 0 Å². The van der Waals surface area contributed by atoms with Gasteiger partial charge in [0.2, 0.25) is 0 Å². The Morgan fingerprint density at radius 3 is 2.65 bits per heavy atom. The summed E-state index contributed by atoms with van der Waals surface area (Å²) in [5, 5.41) is 9.86. The van der Waals surface area contributed by atoms with Gasteiger partial charge in [-0.3, -0.25) is 0 Å². The minimum absolute atomic E-state index is 0.212. The van der Waals surface area contributed by atoms with Crippen molar-refractivity contribution < 1.29 is 0 Å². The standard InChI is InChI=1S/C14H10Cl3N3/c1-20(8-10-4-2-3-9(5-10)7-18)14-12(16)6-11(15)13(17)19-14/h2-6H,8H2,1H3. The second-order valence-electron chi connectivity index (χ2n) is 4.23. The summed E-state index contributed by atoms with van der Waals surface area (Å²) in [6, 6.07) is 11.0. The summed E-state index contributed by atoms with van der Waals surface area (Å²) in [6.45, 7) is 0.556. The molecule has 0 radical (unpaired) electrons. The topological polar surface area (TPSA) is 39.9 Å². The molecule has 1 heterocycles. The van der Waals surface area contributed by atoms with Crippen LogP contribution in [-0.4, -0.2) is 12.0 Å². The molecule has 1 aromatic heterocycles. The molecule has 2 rings (SSSR count). The Kier molecular flexibility index (Phi) is 4.72. The van der Waals surface area contributed by atoms with Crippen molar-refractivity contribution in [3.8, 4) is 6.07 Å². The maximum Gasteiger partial charge on any atom is 0.150 e. The van der Waals surface area contributed by atoms with E-state index in [-0.39, 0.29) is 5.15 Å². The zero-order valence-electron chi connectivity index (χ0n) is 10.6. The molecule has 102 valence electrons. The molecule has 0 amide bonds. The van der Waals surface area contributed by atoms with Crippen molar-refractivity contribution in [3.63, 3.8) is 0 Å². The first-order valence-corrected chi connectivity index (χ1v) is 6.86. The SMILES string of the molecule is CN(Cc1cccc(C#N)c1)c1nc(Cl)c(Cl)cc1Cl. The lowest BCUT2D eigenvalue weighted by atomic mass is 10.1. The first kappa shape index (κ1) is 14.9. The van der Waals surface area contributed by atoms with Crippen molar-refractivity contribution in [2.75, 3.05) is 11.9 Å². The number of rotatable bonds is 3. The molecule has 0 N–H and O–H groups in total. The highest BCUT2D eigenvalue weighted by molar-refractivity contribution is 6.42. The van der Waals surface area contributed by atoms with Crippen LogP contribution in [0.5, 0.6) is 0 Å². The van der Waals surface area contributed by atoms with Crippen LogP contribution in [0.1, 0.15) is 11.1 Å². The third-order valence-electron chi connectivity index (χ3n) is 2.71. The summed E-state index contributed by atoms with van der Waals surface area (Å²) in [4.78, 5) is 6.02. The fourth-order valence-corrected chi connectivity index (χ4v) is 2.43. The quantitative estimate of drug-likeness (QED) is 0.777. The number of aromatic nitrogens is 1. The van der Waals surface area contributed by atoms with Gasteiger partial charge in [0.25, 0.3) is 0 Å². The maximum atomic E-state index is 8.90. The maximum absolute atomic E-state index is 8.90. The van der Waals surface area contributed by atoms with Crippen molar-refractivity contribution in [1.29, 1.82) is 5.26 Å². The van der Waals surface area contributed by atoms with Crippen LogP contribution in [-0.2, 0) is 6.54 Å². The number of pyridine rings is 1. The average molecular weight is 327 g/mol. The van der Waals surface area contributed by atoms with E-state index in [0.29, 0.717) is 28.0 Å². The van der Waals surface area contributed by atoms with E-state index in [4.69, 9.17) is 40.1 Å². The third kappa shape index (κ3) is 3.34. The normalized spacial score (nSPS) is 10.2. The highest BCUT2D eigenvalue weighted by atomic mass is 35.5. The van der Waals surface area contributed by atoms with E-state index < -0.39 is 0 Å². The van der Waals surface area contributed by atoms with E-state index in [2.05, 4.69) is 11.1 Å². The van der Waals surface area contributed by atoms with Crippen molar-refractivity contribution in [1.82, 2.24) is 4.98 Å². The fraction of sp³-hybridized carbons (Fsp3) is 0.143. The van der Waals surface area contributed by atoms with E-state index in [0.717, 1.165) is 5.56 Å². The zero-order chi connectivity index (χ0) is 14.7. The molecule has 0 aliphatic carbocycles. The summed E-state index contributed by atoms with van der Waals surface area (Å²) in [5.41, 5.74) is 1.60. The van der Waals surface area contributed by atoms with Gasteiger partial charge in [-0.05, 0) is 23.8 Å². The van der Waals surface area contributed by atoms with E-state index in [1.807, 2.05) is 30.1 Å². The van der Waals surface area contributed by atoms with E-state index in [1.165, 1.54) is 0 Å². The zero-order valence-corrected chi connectivity index (χ0v) is 12.8. The molecule has 0 saturated carbocycles. The smallest absolute Gasteiger partial charge is 0.150 e. The van der Waals surface area contributed by atoms with Gasteiger partial charge >= 0.3 is 0 Å². The molecule has 3 nitrogen and oxygen atoms in total. The molecule has 2 aromatic rings. The van der Waals surface area contributed by atoms with Gasteiger partial charge in [0.05, 0.1) is 21.7 Å². The van der Waals surface area contributed by atoms with Crippen LogP contribution in [0.3, 0.4) is 0 Å².